The molecule has 5 nitrogen and oxygen atoms in total. The lowest BCUT2D eigenvalue weighted by Gasteiger charge is -2.24. The Morgan fingerprint density at radius 3 is 2.59 bits per heavy atom. The molecule has 0 bridgehead atoms. The van der Waals surface area contributed by atoms with Gasteiger partial charge in [0.25, 0.3) is 0 Å². The van der Waals surface area contributed by atoms with Crippen LogP contribution >= 0.6 is 12.0 Å². The van der Waals surface area contributed by atoms with Gasteiger partial charge >= 0.3 is 5.97 Å². The smallest absolute Gasteiger partial charge is 0.350 e. The summed E-state index contributed by atoms with van der Waals surface area (Å²) in [6, 6.07) is 21.1. The highest BCUT2D eigenvalue weighted by Gasteiger charge is 2.29. The summed E-state index contributed by atoms with van der Waals surface area (Å²) in [7, 11) is 0. The van der Waals surface area contributed by atoms with Gasteiger partial charge in [0.05, 0.1) is 28.4 Å². The van der Waals surface area contributed by atoms with Gasteiger partial charge in [-0.3, -0.25) is 0 Å². The normalized spacial score (nSPS) is 18.5. The van der Waals surface area contributed by atoms with Crippen LogP contribution in [0.25, 0.3) is 33.4 Å². The van der Waals surface area contributed by atoms with Gasteiger partial charge in [0.1, 0.15) is 24.4 Å². The van der Waals surface area contributed by atoms with E-state index < -0.39 is 0 Å². The molecule has 0 saturated carbocycles. The van der Waals surface area contributed by atoms with Gasteiger partial charge in [-0.25, -0.2) is 9.37 Å². The van der Waals surface area contributed by atoms with Crippen LogP contribution in [-0.4, -0.2) is 36.9 Å². The minimum atomic E-state index is -0.304. The van der Waals surface area contributed by atoms with Gasteiger partial charge in [0.15, 0.2) is 0 Å². The van der Waals surface area contributed by atoms with Crippen molar-refractivity contribution in [3.05, 3.63) is 71.6 Å². The highest BCUT2D eigenvalue weighted by Crippen LogP contribution is 2.43. The number of carbonyl (C=O) groups is 1. The maximum absolute atomic E-state index is 13.7. The second kappa shape index (κ2) is 13.4. The molecule has 3 aliphatic heterocycles. The molecule has 3 heterocycles. The zero-order valence-corrected chi connectivity index (χ0v) is 27.7. The Bertz CT molecular complexity index is 1660. The fourth-order valence-corrected chi connectivity index (χ4v) is 7.35. The Labute approximate surface area is 266 Å². The van der Waals surface area contributed by atoms with Crippen molar-refractivity contribution >= 4 is 34.7 Å². The van der Waals surface area contributed by atoms with Gasteiger partial charge in [0, 0.05) is 59.8 Å². The van der Waals surface area contributed by atoms with Crippen LogP contribution in [0.3, 0.4) is 0 Å². The Kier molecular flexibility index (Phi) is 9.37. The van der Waals surface area contributed by atoms with Crippen molar-refractivity contribution in [2.75, 3.05) is 31.1 Å². The molecule has 44 heavy (non-hydrogen) atoms. The number of anilines is 1. The molecule has 2 fully saturated rings. The Morgan fingerprint density at radius 1 is 1.02 bits per heavy atom. The largest absolute Gasteiger partial charge is 0.456 e. The molecule has 0 radical (unpaired) electrons. The molecule has 2 aromatic carbocycles. The maximum atomic E-state index is 13.7. The average molecular weight is 612 g/mol. The van der Waals surface area contributed by atoms with Crippen molar-refractivity contribution in [1.82, 2.24) is 4.58 Å². The standard InChI is InChI=1S/C38H47N2O3S/c1-5-8-13-27-20-23-40(26-27)29-17-19-33-35(25-29)42-34-24-28(39-21-11-12-22-39)16-18-32(34)36(33)30-14-9-10-15-31(30)37(41)43-44-38(4,6-2)7-3/h9-10,14-19,24-25,27H,5-8,11-13,20-23,26H2,1-4H3/q+1. The third-order valence-electron chi connectivity index (χ3n) is 10.0. The summed E-state index contributed by atoms with van der Waals surface area (Å²) < 4.78 is 15.1. The van der Waals surface area contributed by atoms with Crippen molar-refractivity contribution in [2.24, 2.45) is 5.92 Å². The predicted octanol–water partition coefficient (Wildman–Crippen LogP) is 9.17. The molecule has 1 atom stereocenters. The highest BCUT2D eigenvalue weighted by atomic mass is 32.2. The monoisotopic (exact) mass is 611 g/mol. The van der Waals surface area contributed by atoms with E-state index in [1.807, 2.05) is 18.2 Å². The Hall–Kier alpha value is -3.25. The van der Waals surface area contributed by atoms with E-state index in [2.05, 4.69) is 79.6 Å². The zero-order valence-electron chi connectivity index (χ0n) is 26.9. The van der Waals surface area contributed by atoms with E-state index in [0.29, 0.717) is 5.56 Å². The van der Waals surface area contributed by atoms with Gasteiger partial charge in [-0.1, -0.05) is 51.8 Å². The highest BCUT2D eigenvalue weighted by molar-refractivity contribution is 7.96. The predicted molar refractivity (Wildman–Crippen MR) is 184 cm³/mol. The molecule has 4 aliphatic rings. The van der Waals surface area contributed by atoms with Crippen LogP contribution in [0.5, 0.6) is 0 Å². The van der Waals surface area contributed by atoms with Crippen molar-refractivity contribution < 1.29 is 13.4 Å². The third-order valence-corrected chi connectivity index (χ3v) is 11.2. The maximum Gasteiger partial charge on any atom is 0.350 e. The van der Waals surface area contributed by atoms with Crippen LogP contribution in [0.1, 0.15) is 89.4 Å². The van der Waals surface area contributed by atoms with Gasteiger partial charge in [-0.2, -0.15) is 0 Å². The number of benzene rings is 3. The molecule has 2 aromatic rings. The van der Waals surface area contributed by atoms with Crippen molar-refractivity contribution in [3.63, 3.8) is 0 Å². The minimum absolute atomic E-state index is 0.108. The molecule has 232 valence electrons. The SMILES string of the molecule is CCCCC1CC[N+](=c2ccc3c(-c4ccccc4C(=O)OSC(C)(CC)CC)c4ccc(N5CCCC5)cc4oc-3c2)C1. The third kappa shape index (κ3) is 6.28. The number of rotatable bonds is 10. The van der Waals surface area contributed by atoms with Crippen molar-refractivity contribution in [3.8, 4) is 22.5 Å². The first-order chi connectivity index (χ1) is 21.4. The van der Waals surface area contributed by atoms with Gasteiger partial charge in [-0.15, -0.1) is 0 Å². The summed E-state index contributed by atoms with van der Waals surface area (Å²) in [5.74, 6) is 1.31. The van der Waals surface area contributed by atoms with Crippen molar-refractivity contribution in [2.45, 2.75) is 83.8 Å². The summed E-state index contributed by atoms with van der Waals surface area (Å²) >= 11 is 1.30. The fraction of sp³-hybridized carbons (Fsp3) is 0.474. The van der Waals surface area contributed by atoms with Crippen LogP contribution in [0, 0.1) is 5.92 Å². The average Bonchev–Trinajstić information content (AvgIpc) is 3.78. The molecular formula is C38H47N2O3S+. The Morgan fingerprint density at radius 2 is 1.82 bits per heavy atom. The number of unbranched alkanes of at least 4 members (excludes halogenated alkanes) is 1. The molecule has 1 aliphatic carbocycles. The molecule has 0 N–H and O–H groups in total. The quantitative estimate of drug-likeness (QED) is 0.102. The van der Waals surface area contributed by atoms with E-state index >= 15 is 0 Å². The number of carbonyl (C=O) groups excluding carboxylic acids is 1. The molecule has 6 heteroatoms. The van der Waals surface area contributed by atoms with Crippen LogP contribution in [-0.2, 0) is 4.18 Å². The second-order valence-corrected chi connectivity index (χ2v) is 14.3. The first-order valence-corrected chi connectivity index (χ1v) is 17.5. The molecule has 0 aromatic heterocycles. The lowest BCUT2D eigenvalue weighted by molar-refractivity contribution is 0.0765. The van der Waals surface area contributed by atoms with E-state index in [4.69, 9.17) is 8.60 Å². The second-order valence-electron chi connectivity index (χ2n) is 12.9. The van der Waals surface area contributed by atoms with Crippen molar-refractivity contribution in [1.29, 1.82) is 0 Å². The lowest BCUT2D eigenvalue weighted by Crippen LogP contribution is -2.27. The fourth-order valence-electron chi connectivity index (χ4n) is 6.75. The topological polar surface area (TPSA) is 45.7 Å². The first-order valence-electron chi connectivity index (χ1n) is 16.8. The number of hydrogen-bond acceptors (Lipinski definition) is 5. The van der Waals surface area contributed by atoms with E-state index in [9.17, 15) is 4.79 Å². The summed E-state index contributed by atoms with van der Waals surface area (Å²) in [5.41, 5.74) is 5.53. The summed E-state index contributed by atoms with van der Waals surface area (Å²) in [6.07, 6.45) is 9.41. The molecule has 0 spiro atoms. The number of nitrogens with zero attached hydrogens (tertiary/aromatic N) is 2. The van der Waals surface area contributed by atoms with Gasteiger partial charge in [-0.05, 0) is 68.9 Å². The van der Waals surface area contributed by atoms with E-state index in [1.54, 1.807) is 0 Å². The number of fused-ring (bicyclic) bond motifs is 2. The van der Waals surface area contributed by atoms with E-state index in [1.165, 1.54) is 61.6 Å². The van der Waals surface area contributed by atoms with Crippen LogP contribution in [0.4, 0.5) is 5.69 Å². The lowest BCUT2D eigenvalue weighted by atomic mass is 9.90. The first kappa shape index (κ1) is 30.8. The zero-order chi connectivity index (χ0) is 30.7. The molecule has 6 rings (SSSR count). The summed E-state index contributed by atoms with van der Waals surface area (Å²) in [6.45, 7) is 13.0. The number of hydrogen-bond donors (Lipinski definition) is 0. The Balaban J connectivity index is 1.49. The molecular weight excluding hydrogens is 564 g/mol. The molecule has 2 saturated heterocycles. The molecule has 0 amide bonds. The van der Waals surface area contributed by atoms with Gasteiger partial charge < -0.3 is 13.5 Å². The van der Waals surface area contributed by atoms with E-state index in [0.717, 1.165) is 78.4 Å². The molecule has 1 unspecified atom stereocenters. The van der Waals surface area contributed by atoms with Gasteiger partial charge in [0.2, 0.25) is 5.36 Å². The van der Waals surface area contributed by atoms with Crippen LogP contribution in [0.2, 0.25) is 0 Å². The minimum Gasteiger partial charge on any atom is -0.456 e. The summed E-state index contributed by atoms with van der Waals surface area (Å²) in [4.78, 5) is 16.1. The summed E-state index contributed by atoms with van der Waals surface area (Å²) in [5, 5.41) is 2.22. The van der Waals surface area contributed by atoms with Crippen LogP contribution < -0.4 is 14.8 Å². The van der Waals surface area contributed by atoms with Crippen LogP contribution in [0.15, 0.2) is 65.1 Å². The van der Waals surface area contributed by atoms with E-state index in [-0.39, 0.29) is 10.7 Å².